The van der Waals surface area contributed by atoms with Crippen molar-refractivity contribution in [2.24, 2.45) is 10.7 Å². The summed E-state index contributed by atoms with van der Waals surface area (Å²) in [5.74, 6) is -1.44. The van der Waals surface area contributed by atoms with Crippen LogP contribution in [0.25, 0.3) is 0 Å². The van der Waals surface area contributed by atoms with Gasteiger partial charge >= 0.3 is 0 Å². The average molecular weight is 227 g/mol. The van der Waals surface area contributed by atoms with Crippen LogP contribution in [0.2, 0.25) is 0 Å². The molecule has 16 heavy (non-hydrogen) atoms. The molecule has 0 bridgehead atoms. The van der Waals surface area contributed by atoms with Crippen LogP contribution in [0.1, 0.15) is 19.4 Å². The maximum atomic E-state index is 12.8. The maximum absolute atomic E-state index is 12.8. The number of hydrogen-bond donors (Lipinski definition) is 2. The molecule has 3 nitrogen and oxygen atoms in total. The van der Waals surface area contributed by atoms with E-state index in [2.05, 4.69) is 10.3 Å². The van der Waals surface area contributed by atoms with E-state index < -0.39 is 11.6 Å². The van der Waals surface area contributed by atoms with Crippen molar-refractivity contribution in [1.29, 1.82) is 0 Å². The lowest BCUT2D eigenvalue weighted by atomic mass is 10.2. The molecular formula is C11H15F2N3. The Bertz CT molecular complexity index is 389. The highest BCUT2D eigenvalue weighted by atomic mass is 19.2. The summed E-state index contributed by atoms with van der Waals surface area (Å²) in [5.41, 5.74) is 6.14. The quantitative estimate of drug-likeness (QED) is 0.611. The molecule has 0 heterocycles. The number of nitrogens with zero attached hydrogens (tertiary/aromatic N) is 1. The first-order valence-corrected chi connectivity index (χ1v) is 4.99. The summed E-state index contributed by atoms with van der Waals surface area (Å²) in [6.45, 7) is 4.09. The molecule has 0 saturated heterocycles. The minimum absolute atomic E-state index is 0.189. The zero-order chi connectivity index (χ0) is 12.1. The van der Waals surface area contributed by atoms with Gasteiger partial charge in [0.1, 0.15) is 0 Å². The Morgan fingerprint density at radius 3 is 2.62 bits per heavy atom. The Kier molecular flexibility index (Phi) is 4.22. The van der Waals surface area contributed by atoms with E-state index in [-0.39, 0.29) is 12.6 Å². The van der Waals surface area contributed by atoms with E-state index >= 15 is 0 Å². The molecule has 0 aliphatic heterocycles. The van der Waals surface area contributed by atoms with Gasteiger partial charge in [-0.3, -0.25) is 0 Å². The molecule has 0 atom stereocenters. The van der Waals surface area contributed by atoms with Crippen LogP contribution in [0.5, 0.6) is 0 Å². The van der Waals surface area contributed by atoms with Crippen LogP contribution < -0.4 is 11.1 Å². The van der Waals surface area contributed by atoms with Crippen LogP contribution in [-0.2, 0) is 6.54 Å². The second-order valence-corrected chi connectivity index (χ2v) is 3.75. The van der Waals surface area contributed by atoms with Gasteiger partial charge in [-0.05, 0) is 31.5 Å². The molecule has 0 fully saturated rings. The van der Waals surface area contributed by atoms with Crippen molar-refractivity contribution in [3.63, 3.8) is 0 Å². The minimum Gasteiger partial charge on any atom is -0.370 e. The third-order valence-electron chi connectivity index (χ3n) is 1.85. The number of rotatable bonds is 3. The van der Waals surface area contributed by atoms with E-state index in [0.717, 1.165) is 12.1 Å². The minimum atomic E-state index is -0.872. The maximum Gasteiger partial charge on any atom is 0.189 e. The molecule has 88 valence electrons. The highest BCUT2D eigenvalue weighted by Crippen LogP contribution is 2.09. The summed E-state index contributed by atoms with van der Waals surface area (Å²) in [6, 6.07) is 3.85. The van der Waals surface area contributed by atoms with Crippen LogP contribution in [0.15, 0.2) is 23.2 Å². The lowest BCUT2D eigenvalue weighted by Crippen LogP contribution is -2.36. The number of halogens is 2. The summed E-state index contributed by atoms with van der Waals surface area (Å²) >= 11 is 0. The lowest BCUT2D eigenvalue weighted by molar-refractivity contribution is 0.507. The molecule has 1 rings (SSSR count). The smallest absolute Gasteiger partial charge is 0.189 e. The SMILES string of the molecule is CC(C)NC(N)=NCc1ccc(F)c(F)c1. The topological polar surface area (TPSA) is 50.4 Å². The van der Waals surface area contributed by atoms with E-state index in [1.54, 1.807) is 0 Å². The second kappa shape index (κ2) is 5.44. The summed E-state index contributed by atoms with van der Waals surface area (Å²) in [5, 5.41) is 2.90. The first-order valence-electron chi connectivity index (χ1n) is 4.99. The van der Waals surface area contributed by atoms with Crippen molar-refractivity contribution >= 4 is 5.96 Å². The van der Waals surface area contributed by atoms with E-state index in [9.17, 15) is 8.78 Å². The van der Waals surface area contributed by atoms with Crippen LogP contribution in [0.3, 0.4) is 0 Å². The molecule has 3 N–H and O–H groups in total. The van der Waals surface area contributed by atoms with Crippen LogP contribution >= 0.6 is 0 Å². The molecule has 0 spiro atoms. The fourth-order valence-electron chi connectivity index (χ4n) is 1.16. The van der Waals surface area contributed by atoms with Crippen LogP contribution in [-0.4, -0.2) is 12.0 Å². The number of aliphatic imine (C=N–C) groups is 1. The number of hydrogen-bond acceptors (Lipinski definition) is 1. The van der Waals surface area contributed by atoms with Gasteiger partial charge < -0.3 is 11.1 Å². The van der Waals surface area contributed by atoms with Gasteiger partial charge in [-0.1, -0.05) is 6.07 Å². The Labute approximate surface area is 93.4 Å². The van der Waals surface area contributed by atoms with Crippen molar-refractivity contribution in [3.8, 4) is 0 Å². The number of guanidine groups is 1. The Morgan fingerprint density at radius 2 is 2.06 bits per heavy atom. The van der Waals surface area contributed by atoms with Crippen molar-refractivity contribution < 1.29 is 8.78 Å². The summed E-state index contributed by atoms with van der Waals surface area (Å²) in [6.07, 6.45) is 0. The predicted octanol–water partition coefficient (Wildman–Crippen LogP) is 1.78. The number of benzene rings is 1. The molecule has 5 heteroatoms. The van der Waals surface area contributed by atoms with E-state index in [1.807, 2.05) is 13.8 Å². The van der Waals surface area contributed by atoms with E-state index in [4.69, 9.17) is 5.73 Å². The van der Waals surface area contributed by atoms with E-state index in [1.165, 1.54) is 6.07 Å². The van der Waals surface area contributed by atoms with Crippen molar-refractivity contribution in [2.75, 3.05) is 0 Å². The first-order chi connectivity index (χ1) is 7.49. The first kappa shape index (κ1) is 12.4. The molecule has 0 aliphatic rings. The normalized spacial score (nSPS) is 11.9. The Hall–Kier alpha value is -1.65. The van der Waals surface area contributed by atoms with Gasteiger partial charge in [-0.2, -0.15) is 0 Å². The fraction of sp³-hybridized carbons (Fsp3) is 0.364. The van der Waals surface area contributed by atoms with Gasteiger partial charge in [0.25, 0.3) is 0 Å². The molecule has 0 aliphatic carbocycles. The zero-order valence-corrected chi connectivity index (χ0v) is 9.30. The van der Waals surface area contributed by atoms with Gasteiger partial charge in [-0.25, -0.2) is 13.8 Å². The molecule has 0 amide bonds. The highest BCUT2D eigenvalue weighted by molar-refractivity contribution is 5.78. The Morgan fingerprint density at radius 1 is 1.38 bits per heavy atom. The van der Waals surface area contributed by atoms with Crippen molar-refractivity contribution in [2.45, 2.75) is 26.4 Å². The van der Waals surface area contributed by atoms with Gasteiger partial charge in [0.15, 0.2) is 17.6 Å². The summed E-state index contributed by atoms with van der Waals surface area (Å²) < 4.78 is 25.5. The molecule has 0 aromatic heterocycles. The fourth-order valence-corrected chi connectivity index (χ4v) is 1.16. The Balaban J connectivity index is 2.63. The summed E-state index contributed by atoms with van der Waals surface area (Å²) in [4.78, 5) is 4.00. The largest absolute Gasteiger partial charge is 0.370 e. The van der Waals surface area contributed by atoms with Gasteiger partial charge in [0.2, 0.25) is 0 Å². The lowest BCUT2D eigenvalue weighted by Gasteiger charge is -2.08. The number of nitrogens with one attached hydrogen (secondary N) is 1. The molecule has 1 aromatic rings. The molecule has 0 saturated carbocycles. The van der Waals surface area contributed by atoms with Gasteiger partial charge in [0, 0.05) is 6.04 Å². The van der Waals surface area contributed by atoms with Crippen molar-refractivity contribution in [3.05, 3.63) is 35.4 Å². The molecule has 0 unspecified atom stereocenters. The molecule has 1 aromatic carbocycles. The average Bonchev–Trinajstić information content (AvgIpc) is 2.19. The zero-order valence-electron chi connectivity index (χ0n) is 9.30. The van der Waals surface area contributed by atoms with Crippen LogP contribution in [0, 0.1) is 11.6 Å². The molecular weight excluding hydrogens is 212 g/mol. The van der Waals surface area contributed by atoms with Gasteiger partial charge in [0.05, 0.1) is 6.54 Å². The third-order valence-corrected chi connectivity index (χ3v) is 1.85. The predicted molar refractivity (Wildman–Crippen MR) is 60.0 cm³/mol. The van der Waals surface area contributed by atoms with E-state index in [0.29, 0.717) is 11.5 Å². The summed E-state index contributed by atoms with van der Waals surface area (Å²) in [7, 11) is 0. The monoisotopic (exact) mass is 227 g/mol. The molecule has 0 radical (unpaired) electrons. The second-order valence-electron chi connectivity index (χ2n) is 3.75. The van der Waals surface area contributed by atoms with Crippen molar-refractivity contribution in [1.82, 2.24) is 5.32 Å². The number of nitrogens with two attached hydrogens (primary N) is 1. The van der Waals surface area contributed by atoms with Gasteiger partial charge in [-0.15, -0.1) is 0 Å². The standard InChI is InChI=1S/C11H15F2N3/c1-7(2)16-11(14)15-6-8-3-4-9(12)10(13)5-8/h3-5,7H,6H2,1-2H3,(H3,14,15,16). The highest BCUT2D eigenvalue weighted by Gasteiger charge is 2.02. The third kappa shape index (κ3) is 3.84. The van der Waals surface area contributed by atoms with Crippen LogP contribution in [0.4, 0.5) is 8.78 Å².